The summed E-state index contributed by atoms with van der Waals surface area (Å²) in [6.07, 6.45) is 3.29. The van der Waals surface area contributed by atoms with E-state index in [-0.39, 0.29) is 4.90 Å². The van der Waals surface area contributed by atoms with Gasteiger partial charge in [0.15, 0.2) is 0 Å². The highest BCUT2D eigenvalue weighted by Crippen LogP contribution is 2.26. The van der Waals surface area contributed by atoms with Crippen molar-refractivity contribution in [2.24, 2.45) is 7.05 Å². The van der Waals surface area contributed by atoms with Gasteiger partial charge in [0.1, 0.15) is 33.6 Å². The molecule has 0 radical (unpaired) electrons. The van der Waals surface area contributed by atoms with Crippen LogP contribution in [0.25, 0.3) is 11.0 Å². The number of aromatic nitrogens is 4. The molecule has 0 fully saturated rings. The summed E-state index contributed by atoms with van der Waals surface area (Å²) >= 11 is 0.950. The first-order valence-corrected chi connectivity index (χ1v) is 10.1. The molecule has 0 saturated carbocycles. The molecule has 4 aromatic rings. The largest absolute Gasteiger partial charge is 0.336 e. The van der Waals surface area contributed by atoms with Crippen molar-refractivity contribution in [3.05, 3.63) is 72.1 Å². The van der Waals surface area contributed by atoms with E-state index in [2.05, 4.69) is 18.5 Å². The molecule has 2 aromatic carbocycles. The van der Waals surface area contributed by atoms with Gasteiger partial charge in [0.2, 0.25) is 10.0 Å². The number of benzene rings is 2. The highest BCUT2D eigenvalue weighted by Gasteiger charge is 2.27. The molecule has 0 aliphatic heterocycles. The molecule has 0 amide bonds. The number of nitrogens with one attached hydrogen (secondary N) is 1. The first-order valence-electron chi connectivity index (χ1n) is 7.92. The second-order valence-corrected chi connectivity index (χ2v) is 8.10. The number of imidazole rings is 1. The number of aryl methyl sites for hydroxylation is 1. The minimum absolute atomic E-state index is 0.0371. The molecule has 1 N–H and O–H groups in total. The number of hydrogen-bond donors (Lipinski definition) is 1. The predicted octanol–water partition coefficient (Wildman–Crippen LogP) is 2.63. The van der Waals surface area contributed by atoms with Crippen LogP contribution in [0.4, 0.5) is 4.39 Å². The van der Waals surface area contributed by atoms with Crippen molar-refractivity contribution in [1.29, 1.82) is 0 Å². The number of fused-ring (bicyclic) bond motifs is 1. The van der Waals surface area contributed by atoms with Crippen molar-refractivity contribution in [2.45, 2.75) is 10.9 Å². The summed E-state index contributed by atoms with van der Waals surface area (Å²) in [7, 11) is -2.19. The number of rotatable bonds is 5. The topological polar surface area (TPSA) is 89.8 Å². The average molecular weight is 403 g/mol. The Balaban J connectivity index is 1.80. The van der Waals surface area contributed by atoms with E-state index >= 15 is 0 Å². The Morgan fingerprint density at radius 1 is 1.15 bits per heavy atom. The third-order valence-corrected chi connectivity index (χ3v) is 6.13. The molecule has 27 heavy (non-hydrogen) atoms. The maximum atomic E-state index is 13.3. The standard InChI is InChI=1S/C17H14FN5O2S2/c1-23-10-9-19-17(23)15(11-5-7-12(18)8-6-11)22-27(24,25)14-4-2-3-13-16(14)21-26-20-13/h2-10,15,22H,1H3/t15-/m1/s1. The zero-order valence-electron chi connectivity index (χ0n) is 14.1. The van der Waals surface area contributed by atoms with E-state index in [1.54, 1.807) is 36.1 Å². The molecular weight excluding hydrogens is 389 g/mol. The van der Waals surface area contributed by atoms with Crippen molar-refractivity contribution in [3.63, 3.8) is 0 Å². The Labute approximate surface area is 158 Å². The smallest absolute Gasteiger partial charge is 0.243 e. The Morgan fingerprint density at radius 3 is 2.63 bits per heavy atom. The maximum Gasteiger partial charge on any atom is 0.243 e. The van der Waals surface area contributed by atoms with Gasteiger partial charge in [0.25, 0.3) is 0 Å². The summed E-state index contributed by atoms with van der Waals surface area (Å²) in [5.74, 6) is 0.0762. The number of hydrogen-bond acceptors (Lipinski definition) is 6. The fourth-order valence-corrected chi connectivity index (χ4v) is 4.75. The fraction of sp³-hybridized carbons (Fsp3) is 0.118. The summed E-state index contributed by atoms with van der Waals surface area (Å²) in [6.45, 7) is 0. The molecule has 0 bridgehead atoms. The second-order valence-electron chi connectivity index (χ2n) is 5.89. The first-order chi connectivity index (χ1) is 13.0. The lowest BCUT2D eigenvalue weighted by molar-refractivity contribution is 0.563. The molecule has 2 heterocycles. The van der Waals surface area contributed by atoms with Crippen LogP contribution in [0.15, 0.2) is 59.8 Å². The molecule has 0 unspecified atom stereocenters. The van der Waals surface area contributed by atoms with E-state index in [0.29, 0.717) is 22.4 Å². The Bertz CT molecular complexity index is 1200. The molecule has 138 valence electrons. The minimum Gasteiger partial charge on any atom is -0.336 e. The van der Waals surface area contributed by atoms with Gasteiger partial charge in [-0.1, -0.05) is 18.2 Å². The van der Waals surface area contributed by atoms with Gasteiger partial charge in [-0.05, 0) is 29.8 Å². The van der Waals surface area contributed by atoms with E-state index < -0.39 is 21.9 Å². The molecular formula is C17H14FN5O2S2. The van der Waals surface area contributed by atoms with Crippen molar-refractivity contribution in [3.8, 4) is 0 Å². The van der Waals surface area contributed by atoms with Gasteiger partial charge in [0.05, 0.1) is 11.7 Å². The van der Waals surface area contributed by atoms with Crippen molar-refractivity contribution in [2.75, 3.05) is 0 Å². The van der Waals surface area contributed by atoms with Crippen LogP contribution in [-0.4, -0.2) is 26.7 Å². The first kappa shape index (κ1) is 17.7. The van der Waals surface area contributed by atoms with Crippen LogP contribution in [0.5, 0.6) is 0 Å². The van der Waals surface area contributed by atoms with Crippen molar-refractivity contribution in [1.82, 2.24) is 23.0 Å². The third kappa shape index (κ3) is 3.34. The van der Waals surface area contributed by atoms with Gasteiger partial charge in [-0.25, -0.2) is 17.8 Å². The predicted molar refractivity (Wildman–Crippen MR) is 99.2 cm³/mol. The van der Waals surface area contributed by atoms with Gasteiger partial charge < -0.3 is 4.57 Å². The van der Waals surface area contributed by atoms with Gasteiger partial charge >= 0.3 is 0 Å². The van der Waals surface area contributed by atoms with E-state index in [1.807, 2.05) is 0 Å². The van der Waals surface area contributed by atoms with Crippen molar-refractivity contribution >= 4 is 32.8 Å². The van der Waals surface area contributed by atoms with Crippen LogP contribution in [0, 0.1) is 5.82 Å². The molecule has 0 aliphatic carbocycles. The minimum atomic E-state index is -3.95. The zero-order chi connectivity index (χ0) is 19.0. The van der Waals surface area contributed by atoms with E-state index in [1.165, 1.54) is 30.3 Å². The molecule has 4 rings (SSSR count). The zero-order valence-corrected chi connectivity index (χ0v) is 15.7. The van der Waals surface area contributed by atoms with Gasteiger partial charge in [-0.3, -0.25) is 0 Å². The summed E-state index contributed by atoms with van der Waals surface area (Å²) in [5, 5.41) is 0. The quantitative estimate of drug-likeness (QED) is 0.553. The summed E-state index contributed by atoms with van der Waals surface area (Å²) < 4.78 is 52.1. The lowest BCUT2D eigenvalue weighted by atomic mass is 10.1. The highest BCUT2D eigenvalue weighted by atomic mass is 32.2. The fourth-order valence-electron chi connectivity index (χ4n) is 2.80. The monoisotopic (exact) mass is 403 g/mol. The van der Waals surface area contributed by atoms with Crippen LogP contribution in [0.3, 0.4) is 0 Å². The Hall–Kier alpha value is -2.69. The Kier molecular flexibility index (Phi) is 4.46. The maximum absolute atomic E-state index is 13.3. The van der Waals surface area contributed by atoms with Gasteiger partial charge in [-0.15, -0.1) is 0 Å². The molecule has 0 saturated heterocycles. The normalized spacial score (nSPS) is 13.1. The number of nitrogens with zero attached hydrogens (tertiary/aromatic N) is 4. The number of sulfonamides is 1. The molecule has 1 atom stereocenters. The third-order valence-electron chi connectivity index (χ3n) is 4.13. The molecule has 2 aromatic heterocycles. The number of halogens is 1. The highest BCUT2D eigenvalue weighted by molar-refractivity contribution is 7.89. The van der Waals surface area contributed by atoms with Crippen LogP contribution in [0.2, 0.25) is 0 Å². The average Bonchev–Trinajstić information content (AvgIpc) is 3.29. The summed E-state index contributed by atoms with van der Waals surface area (Å²) in [5.41, 5.74) is 1.39. The van der Waals surface area contributed by atoms with Crippen molar-refractivity contribution < 1.29 is 12.8 Å². The molecule has 7 nitrogen and oxygen atoms in total. The molecule has 10 heteroatoms. The van der Waals surface area contributed by atoms with Crippen LogP contribution in [0.1, 0.15) is 17.4 Å². The van der Waals surface area contributed by atoms with E-state index in [9.17, 15) is 12.8 Å². The molecule has 0 spiro atoms. The van der Waals surface area contributed by atoms with Gasteiger partial charge in [0, 0.05) is 19.4 Å². The summed E-state index contributed by atoms with van der Waals surface area (Å²) in [4.78, 5) is 4.30. The van der Waals surface area contributed by atoms with Crippen LogP contribution < -0.4 is 4.72 Å². The van der Waals surface area contributed by atoms with E-state index in [0.717, 1.165) is 11.7 Å². The van der Waals surface area contributed by atoms with Crippen LogP contribution >= 0.6 is 11.7 Å². The lowest BCUT2D eigenvalue weighted by Gasteiger charge is -2.19. The lowest BCUT2D eigenvalue weighted by Crippen LogP contribution is -2.31. The summed E-state index contributed by atoms with van der Waals surface area (Å²) in [6, 6.07) is 9.63. The van der Waals surface area contributed by atoms with E-state index in [4.69, 9.17) is 0 Å². The SMILES string of the molecule is Cn1ccnc1[C@H](NS(=O)(=O)c1cccc2nsnc12)c1ccc(F)cc1. The van der Waals surface area contributed by atoms with Crippen LogP contribution in [-0.2, 0) is 17.1 Å². The Morgan fingerprint density at radius 2 is 1.93 bits per heavy atom. The molecule has 0 aliphatic rings. The van der Waals surface area contributed by atoms with Gasteiger partial charge in [-0.2, -0.15) is 13.5 Å². The second kappa shape index (κ2) is 6.80.